The molecule has 6 nitrogen and oxygen atoms in total. The van der Waals surface area contributed by atoms with E-state index < -0.39 is 9.75 Å². The van der Waals surface area contributed by atoms with E-state index in [2.05, 4.69) is 10.6 Å². The molecule has 0 unspecified atom stereocenters. The van der Waals surface area contributed by atoms with Crippen LogP contribution in [0.2, 0.25) is 0 Å². The fraction of sp³-hybridized carbons (Fsp3) is 0.300. The fourth-order valence-corrected chi connectivity index (χ4v) is 3.49. The summed E-state index contributed by atoms with van der Waals surface area (Å²) >= 11 is 12.2. The number of nitrogens with one attached hydrogen (secondary N) is 2. The standard InChI is InChI=1S/C20H20Cl2N2O4/c1-19(11-20(19,21)22)18(26)24-14-10-15(27-2)13(9-16(14)28-3)23-17(25)12-7-5-4-6-8-12/h4-10H,11H2,1-3H3,(H,23,25)(H,24,26)/t19-/m0/s1. The molecule has 3 rings (SSSR count). The summed E-state index contributed by atoms with van der Waals surface area (Å²) in [5, 5.41) is 5.57. The average Bonchev–Trinajstić information content (AvgIpc) is 3.22. The first-order valence-corrected chi connectivity index (χ1v) is 9.29. The summed E-state index contributed by atoms with van der Waals surface area (Å²) in [6.45, 7) is 1.69. The fourth-order valence-electron chi connectivity index (χ4n) is 2.78. The van der Waals surface area contributed by atoms with Gasteiger partial charge >= 0.3 is 0 Å². The molecule has 0 heterocycles. The predicted octanol–water partition coefficient (Wildman–Crippen LogP) is 4.48. The largest absolute Gasteiger partial charge is 0.494 e. The second-order valence-electron chi connectivity index (χ2n) is 6.74. The second-order valence-corrected chi connectivity index (χ2v) is 8.22. The molecule has 1 atom stereocenters. The van der Waals surface area contributed by atoms with Gasteiger partial charge in [-0.05, 0) is 25.5 Å². The van der Waals surface area contributed by atoms with Crippen molar-refractivity contribution in [2.24, 2.45) is 5.41 Å². The lowest BCUT2D eigenvalue weighted by Crippen LogP contribution is -2.26. The highest BCUT2D eigenvalue weighted by Gasteiger charge is 2.68. The van der Waals surface area contributed by atoms with E-state index in [0.29, 0.717) is 34.9 Å². The number of anilines is 2. The van der Waals surface area contributed by atoms with Crippen LogP contribution in [0.1, 0.15) is 23.7 Å². The molecule has 8 heteroatoms. The van der Waals surface area contributed by atoms with Crippen LogP contribution in [0.5, 0.6) is 11.5 Å². The van der Waals surface area contributed by atoms with Crippen molar-refractivity contribution in [3.05, 3.63) is 48.0 Å². The van der Waals surface area contributed by atoms with Crippen molar-refractivity contribution >= 4 is 46.4 Å². The Kier molecular flexibility index (Phi) is 5.46. The van der Waals surface area contributed by atoms with Crippen LogP contribution in [0, 0.1) is 5.41 Å². The predicted molar refractivity (Wildman–Crippen MR) is 110 cm³/mol. The van der Waals surface area contributed by atoms with Gasteiger partial charge < -0.3 is 20.1 Å². The molecule has 2 aromatic carbocycles. The quantitative estimate of drug-likeness (QED) is 0.672. The van der Waals surface area contributed by atoms with Crippen molar-refractivity contribution in [3.63, 3.8) is 0 Å². The Morgan fingerprint density at radius 2 is 1.46 bits per heavy atom. The van der Waals surface area contributed by atoms with Gasteiger partial charge in [-0.15, -0.1) is 23.2 Å². The van der Waals surface area contributed by atoms with E-state index in [1.165, 1.54) is 14.2 Å². The van der Waals surface area contributed by atoms with Gasteiger partial charge in [0.05, 0.1) is 31.0 Å². The Balaban J connectivity index is 1.86. The zero-order chi connectivity index (χ0) is 20.5. The highest BCUT2D eigenvalue weighted by molar-refractivity contribution is 6.53. The van der Waals surface area contributed by atoms with Gasteiger partial charge in [0, 0.05) is 17.7 Å². The van der Waals surface area contributed by atoms with Crippen LogP contribution < -0.4 is 20.1 Å². The Hall–Kier alpha value is -2.44. The average molecular weight is 423 g/mol. The molecule has 0 aromatic heterocycles. The number of benzene rings is 2. The van der Waals surface area contributed by atoms with Gasteiger partial charge in [0.25, 0.3) is 5.91 Å². The van der Waals surface area contributed by atoms with Gasteiger partial charge in [0.2, 0.25) is 5.91 Å². The summed E-state index contributed by atoms with van der Waals surface area (Å²) in [7, 11) is 2.93. The van der Waals surface area contributed by atoms with E-state index in [9.17, 15) is 9.59 Å². The summed E-state index contributed by atoms with van der Waals surface area (Å²) in [4.78, 5) is 25.0. The summed E-state index contributed by atoms with van der Waals surface area (Å²) in [5.41, 5.74) is 0.421. The van der Waals surface area contributed by atoms with Gasteiger partial charge in [-0.25, -0.2) is 0 Å². The van der Waals surface area contributed by atoms with E-state index in [1.54, 1.807) is 43.3 Å². The molecule has 28 heavy (non-hydrogen) atoms. The molecule has 2 amide bonds. The van der Waals surface area contributed by atoms with E-state index in [4.69, 9.17) is 32.7 Å². The minimum Gasteiger partial charge on any atom is -0.494 e. The van der Waals surface area contributed by atoms with Crippen molar-refractivity contribution < 1.29 is 19.1 Å². The lowest BCUT2D eigenvalue weighted by atomic mass is 10.1. The lowest BCUT2D eigenvalue weighted by molar-refractivity contribution is -0.120. The molecular formula is C20H20Cl2N2O4. The van der Waals surface area contributed by atoms with E-state index in [0.717, 1.165) is 0 Å². The SMILES string of the molecule is COc1cc(NC(=O)[C@]2(C)CC2(Cl)Cl)c(OC)cc1NC(=O)c1ccccc1. The maximum absolute atomic E-state index is 12.6. The van der Waals surface area contributed by atoms with Crippen molar-refractivity contribution in [3.8, 4) is 11.5 Å². The van der Waals surface area contributed by atoms with Gasteiger partial charge in [-0.2, -0.15) is 0 Å². The van der Waals surface area contributed by atoms with Crippen LogP contribution in [0.3, 0.4) is 0 Å². The molecule has 2 N–H and O–H groups in total. The van der Waals surface area contributed by atoms with E-state index >= 15 is 0 Å². The highest BCUT2D eigenvalue weighted by atomic mass is 35.5. The zero-order valence-corrected chi connectivity index (χ0v) is 17.1. The van der Waals surface area contributed by atoms with Crippen LogP contribution in [0.4, 0.5) is 11.4 Å². The molecule has 2 aromatic rings. The number of hydrogen-bond acceptors (Lipinski definition) is 4. The zero-order valence-electron chi connectivity index (χ0n) is 15.6. The van der Waals surface area contributed by atoms with Gasteiger partial charge in [-0.3, -0.25) is 9.59 Å². The number of amides is 2. The summed E-state index contributed by atoms with van der Waals surface area (Å²) in [6, 6.07) is 11.9. The molecular weight excluding hydrogens is 403 g/mol. The van der Waals surface area contributed by atoms with E-state index in [1.807, 2.05) is 6.07 Å². The number of rotatable bonds is 6. The lowest BCUT2D eigenvalue weighted by Gasteiger charge is -2.18. The number of halogens is 2. The van der Waals surface area contributed by atoms with Gasteiger partial charge in [-0.1, -0.05) is 18.2 Å². The van der Waals surface area contributed by atoms with Gasteiger partial charge in [0.15, 0.2) is 0 Å². The third-order valence-electron chi connectivity index (χ3n) is 4.81. The molecule has 0 spiro atoms. The van der Waals surface area contributed by atoms with Crippen LogP contribution in [0.25, 0.3) is 0 Å². The van der Waals surface area contributed by atoms with Crippen LogP contribution in [-0.4, -0.2) is 30.4 Å². The number of alkyl halides is 2. The van der Waals surface area contributed by atoms with Crippen molar-refractivity contribution in [2.75, 3.05) is 24.9 Å². The third kappa shape index (κ3) is 3.75. The maximum atomic E-state index is 12.6. The van der Waals surface area contributed by atoms with Gasteiger partial charge in [0.1, 0.15) is 15.8 Å². The van der Waals surface area contributed by atoms with Crippen LogP contribution in [-0.2, 0) is 4.79 Å². The summed E-state index contributed by atoms with van der Waals surface area (Å²) < 4.78 is 9.66. The number of ether oxygens (including phenoxy) is 2. The van der Waals surface area contributed by atoms with Crippen molar-refractivity contribution in [1.29, 1.82) is 0 Å². The van der Waals surface area contributed by atoms with Crippen molar-refractivity contribution in [2.45, 2.75) is 17.7 Å². The molecule has 0 bridgehead atoms. The number of hydrogen-bond donors (Lipinski definition) is 2. The Morgan fingerprint density at radius 3 is 1.93 bits per heavy atom. The Morgan fingerprint density at radius 1 is 0.964 bits per heavy atom. The van der Waals surface area contributed by atoms with Crippen molar-refractivity contribution in [1.82, 2.24) is 0 Å². The normalized spacial score (nSPS) is 19.5. The highest BCUT2D eigenvalue weighted by Crippen LogP contribution is 2.64. The number of methoxy groups -OCH3 is 2. The van der Waals surface area contributed by atoms with Crippen LogP contribution >= 0.6 is 23.2 Å². The first-order chi connectivity index (χ1) is 13.2. The minimum atomic E-state index is -1.09. The molecule has 0 aliphatic heterocycles. The first-order valence-electron chi connectivity index (χ1n) is 8.53. The summed E-state index contributed by atoms with van der Waals surface area (Å²) in [5.74, 6) is 0.108. The molecule has 148 valence electrons. The molecule has 1 fully saturated rings. The molecule has 0 saturated heterocycles. The minimum absolute atomic E-state index is 0.294. The smallest absolute Gasteiger partial charge is 0.255 e. The second kappa shape index (κ2) is 7.53. The molecule has 1 saturated carbocycles. The van der Waals surface area contributed by atoms with Crippen LogP contribution in [0.15, 0.2) is 42.5 Å². The van der Waals surface area contributed by atoms with E-state index in [-0.39, 0.29) is 11.8 Å². The Labute approximate surface area is 173 Å². The topological polar surface area (TPSA) is 76.7 Å². The number of carbonyl (C=O) groups excluding carboxylic acids is 2. The monoisotopic (exact) mass is 422 g/mol. The molecule has 1 aliphatic rings. The number of carbonyl (C=O) groups is 2. The maximum Gasteiger partial charge on any atom is 0.255 e. The Bertz CT molecular complexity index is 918. The molecule has 1 aliphatic carbocycles. The third-order valence-corrected chi connectivity index (χ3v) is 5.91. The summed E-state index contributed by atoms with van der Waals surface area (Å²) in [6.07, 6.45) is 0.361. The molecule has 0 radical (unpaired) electrons. The first kappa shape index (κ1) is 20.3.